The van der Waals surface area contributed by atoms with Gasteiger partial charge >= 0.3 is 6.36 Å². The maximum atomic E-state index is 12.3. The zero-order valence-corrected chi connectivity index (χ0v) is 14.5. The van der Waals surface area contributed by atoms with Gasteiger partial charge in [0.15, 0.2) is 0 Å². The Morgan fingerprint density at radius 1 is 1.30 bits per heavy atom. The summed E-state index contributed by atoms with van der Waals surface area (Å²) in [6.07, 6.45) is -4.14. The quantitative estimate of drug-likeness (QED) is 0.834. The third-order valence-corrected chi connectivity index (χ3v) is 4.27. The predicted molar refractivity (Wildman–Crippen MR) is 91.2 cm³/mol. The number of benzene rings is 2. The van der Waals surface area contributed by atoms with Gasteiger partial charge in [-0.2, -0.15) is 0 Å². The molecule has 0 atom stereocenters. The van der Waals surface area contributed by atoms with Gasteiger partial charge in [0, 0.05) is 31.0 Å². The van der Waals surface area contributed by atoms with E-state index in [1.165, 1.54) is 31.2 Å². The lowest BCUT2D eigenvalue weighted by Gasteiger charge is -2.17. The number of fused-ring (bicyclic) bond motifs is 1. The first-order valence-electron chi connectivity index (χ1n) is 8.30. The van der Waals surface area contributed by atoms with Crippen molar-refractivity contribution in [1.29, 1.82) is 0 Å². The lowest BCUT2D eigenvalue weighted by Crippen LogP contribution is -2.20. The van der Waals surface area contributed by atoms with Gasteiger partial charge in [0.05, 0.1) is 13.2 Å². The summed E-state index contributed by atoms with van der Waals surface area (Å²) < 4.78 is 46.6. The third kappa shape index (κ3) is 4.33. The number of amides is 1. The van der Waals surface area contributed by atoms with Crippen LogP contribution in [0.1, 0.15) is 23.6 Å². The molecule has 27 heavy (non-hydrogen) atoms. The highest BCUT2D eigenvalue weighted by molar-refractivity contribution is 5.76. The van der Waals surface area contributed by atoms with Crippen molar-refractivity contribution in [1.82, 2.24) is 5.32 Å². The highest BCUT2D eigenvalue weighted by Gasteiger charge is 2.31. The molecule has 0 bridgehead atoms. The summed E-state index contributed by atoms with van der Waals surface area (Å²) >= 11 is 0. The Kier molecular flexibility index (Phi) is 5.27. The normalized spacial score (nSPS) is 13.1. The number of nitrogens with one attached hydrogen (secondary N) is 1. The van der Waals surface area contributed by atoms with Crippen molar-refractivity contribution in [3.05, 3.63) is 47.0 Å². The van der Waals surface area contributed by atoms with Crippen LogP contribution in [0, 0.1) is 0 Å². The number of carbonyl (C=O) groups excluding carboxylic acids is 1. The second kappa shape index (κ2) is 7.48. The number of rotatable bonds is 5. The van der Waals surface area contributed by atoms with Crippen LogP contribution >= 0.6 is 0 Å². The molecule has 0 unspecified atom stereocenters. The molecule has 0 saturated carbocycles. The molecule has 0 fully saturated rings. The van der Waals surface area contributed by atoms with E-state index in [1.807, 2.05) is 0 Å². The maximum Gasteiger partial charge on any atom is 0.573 e. The summed E-state index contributed by atoms with van der Waals surface area (Å²) in [5, 5.41) is 12.5. The van der Waals surface area contributed by atoms with E-state index in [-0.39, 0.29) is 24.8 Å². The van der Waals surface area contributed by atoms with Gasteiger partial charge < -0.3 is 19.9 Å². The first-order chi connectivity index (χ1) is 12.8. The number of aliphatic hydroxyl groups is 1. The molecule has 144 valence electrons. The second-order valence-corrected chi connectivity index (χ2v) is 6.11. The molecule has 2 N–H and O–H groups in total. The van der Waals surface area contributed by atoms with E-state index < -0.39 is 6.36 Å². The van der Waals surface area contributed by atoms with E-state index in [0.717, 1.165) is 11.1 Å². The van der Waals surface area contributed by atoms with Crippen LogP contribution in [0.4, 0.5) is 13.2 Å². The lowest BCUT2D eigenvalue weighted by atomic mass is 9.92. The fourth-order valence-corrected chi connectivity index (χ4v) is 3.13. The number of alkyl halides is 3. The van der Waals surface area contributed by atoms with Crippen LogP contribution in [0.2, 0.25) is 0 Å². The van der Waals surface area contributed by atoms with E-state index in [4.69, 9.17) is 4.74 Å². The summed E-state index contributed by atoms with van der Waals surface area (Å²) in [6.45, 7) is 1.89. The van der Waals surface area contributed by atoms with E-state index in [9.17, 15) is 23.1 Å². The molecule has 0 aromatic heterocycles. The van der Waals surface area contributed by atoms with Gasteiger partial charge in [-0.3, -0.25) is 4.79 Å². The molecule has 1 amide bonds. The van der Waals surface area contributed by atoms with Crippen molar-refractivity contribution in [3.63, 3.8) is 0 Å². The summed E-state index contributed by atoms with van der Waals surface area (Å²) in [5.74, 6) is 0.0928. The van der Waals surface area contributed by atoms with Gasteiger partial charge in [0.2, 0.25) is 5.91 Å². The number of halogens is 3. The largest absolute Gasteiger partial charge is 0.573 e. The number of carbonyl (C=O) groups is 1. The number of hydrogen-bond donors (Lipinski definition) is 2. The molecule has 3 rings (SSSR count). The van der Waals surface area contributed by atoms with Crippen LogP contribution in [-0.4, -0.2) is 24.0 Å². The second-order valence-electron chi connectivity index (χ2n) is 6.11. The third-order valence-electron chi connectivity index (χ3n) is 4.27. The van der Waals surface area contributed by atoms with E-state index in [1.54, 1.807) is 6.07 Å². The summed E-state index contributed by atoms with van der Waals surface area (Å²) in [4.78, 5) is 11.3. The minimum Gasteiger partial charge on any atom is -0.492 e. The van der Waals surface area contributed by atoms with Gasteiger partial charge in [0.1, 0.15) is 11.5 Å². The van der Waals surface area contributed by atoms with Crippen LogP contribution in [0.25, 0.3) is 11.1 Å². The Hall–Kier alpha value is -2.74. The molecule has 2 aromatic carbocycles. The van der Waals surface area contributed by atoms with Crippen molar-refractivity contribution >= 4 is 5.91 Å². The first-order valence-corrected chi connectivity index (χ1v) is 8.30. The molecule has 2 aromatic rings. The molecule has 8 heteroatoms. The van der Waals surface area contributed by atoms with Crippen LogP contribution in [0.15, 0.2) is 30.3 Å². The smallest absolute Gasteiger partial charge is 0.492 e. The minimum atomic E-state index is -4.75. The molecule has 0 aliphatic carbocycles. The zero-order chi connectivity index (χ0) is 19.6. The van der Waals surface area contributed by atoms with Gasteiger partial charge in [-0.1, -0.05) is 12.1 Å². The zero-order valence-electron chi connectivity index (χ0n) is 14.5. The van der Waals surface area contributed by atoms with Crippen LogP contribution < -0.4 is 14.8 Å². The van der Waals surface area contributed by atoms with E-state index in [2.05, 4.69) is 10.1 Å². The van der Waals surface area contributed by atoms with Gasteiger partial charge in [0.25, 0.3) is 0 Å². The molecule has 1 aliphatic heterocycles. The Labute approximate surface area is 153 Å². The standard InChI is InChI=1S/C19H18F3NO4/c1-11(25)23-9-13-8-16(18-15(6-7-26-18)17(13)10-24)12-2-4-14(5-3-12)27-19(20,21)22/h2-5,8,24H,6-7,9-10H2,1H3,(H,23,25). The highest BCUT2D eigenvalue weighted by Crippen LogP contribution is 2.41. The fourth-order valence-electron chi connectivity index (χ4n) is 3.13. The average molecular weight is 381 g/mol. The molecule has 1 aliphatic rings. The maximum absolute atomic E-state index is 12.3. The van der Waals surface area contributed by atoms with Gasteiger partial charge in [-0.25, -0.2) is 0 Å². The SMILES string of the molecule is CC(=O)NCc1cc(-c2ccc(OC(F)(F)F)cc2)c2c(c1CO)CCO2. The summed E-state index contributed by atoms with van der Waals surface area (Å²) in [7, 11) is 0. The van der Waals surface area contributed by atoms with E-state index >= 15 is 0 Å². The lowest BCUT2D eigenvalue weighted by molar-refractivity contribution is -0.274. The summed E-state index contributed by atoms with van der Waals surface area (Å²) in [6, 6.07) is 7.28. The van der Waals surface area contributed by atoms with Gasteiger partial charge in [-0.15, -0.1) is 13.2 Å². The monoisotopic (exact) mass is 381 g/mol. The molecule has 0 spiro atoms. The Bertz CT molecular complexity index is 848. The molecular formula is C19H18F3NO4. The predicted octanol–water partition coefficient (Wildman–Crippen LogP) is 3.32. The van der Waals surface area contributed by atoms with Gasteiger partial charge in [-0.05, 0) is 34.9 Å². The molecule has 5 nitrogen and oxygen atoms in total. The van der Waals surface area contributed by atoms with Crippen molar-refractivity contribution in [2.45, 2.75) is 32.9 Å². The highest BCUT2D eigenvalue weighted by atomic mass is 19.4. The Morgan fingerprint density at radius 3 is 2.59 bits per heavy atom. The number of aliphatic hydroxyl groups excluding tert-OH is 1. The first kappa shape index (κ1) is 19.0. The number of hydrogen-bond acceptors (Lipinski definition) is 4. The average Bonchev–Trinajstić information content (AvgIpc) is 3.07. The molecule has 1 heterocycles. The van der Waals surface area contributed by atoms with Crippen molar-refractivity contribution in [2.24, 2.45) is 0 Å². The van der Waals surface area contributed by atoms with Crippen molar-refractivity contribution in [3.8, 4) is 22.6 Å². The van der Waals surface area contributed by atoms with Crippen LogP contribution in [0.5, 0.6) is 11.5 Å². The Balaban J connectivity index is 2.01. The summed E-state index contributed by atoms with van der Waals surface area (Å²) in [5.41, 5.74) is 3.64. The number of ether oxygens (including phenoxy) is 2. The molecule has 0 saturated heterocycles. The van der Waals surface area contributed by atoms with E-state index in [0.29, 0.717) is 35.5 Å². The van der Waals surface area contributed by atoms with Crippen molar-refractivity contribution < 1.29 is 32.5 Å². The van der Waals surface area contributed by atoms with Crippen molar-refractivity contribution in [2.75, 3.05) is 6.61 Å². The fraction of sp³-hybridized carbons (Fsp3) is 0.316. The minimum absolute atomic E-state index is 0.195. The Morgan fingerprint density at radius 2 is 2.00 bits per heavy atom. The topological polar surface area (TPSA) is 67.8 Å². The van der Waals surface area contributed by atoms with Crippen LogP contribution in [0.3, 0.4) is 0 Å². The molecule has 0 radical (unpaired) electrons. The van der Waals surface area contributed by atoms with Crippen LogP contribution in [-0.2, 0) is 24.4 Å². The molecular weight excluding hydrogens is 363 g/mol.